The zero-order valence-electron chi connectivity index (χ0n) is 14.7. The van der Waals surface area contributed by atoms with Crippen LogP contribution in [0.1, 0.15) is 28.9 Å². The van der Waals surface area contributed by atoms with Crippen LogP contribution in [-0.2, 0) is 4.74 Å². The molecule has 5 nitrogen and oxygen atoms in total. The fourth-order valence-electron chi connectivity index (χ4n) is 3.03. The van der Waals surface area contributed by atoms with Crippen LogP contribution in [0.4, 0.5) is 5.69 Å². The molecule has 1 saturated heterocycles. The number of morpholine rings is 1. The highest BCUT2D eigenvalue weighted by Gasteiger charge is 2.16. The highest BCUT2D eigenvalue weighted by molar-refractivity contribution is 5.94. The van der Waals surface area contributed by atoms with Gasteiger partial charge in [0.2, 0.25) is 0 Å². The first kappa shape index (κ1) is 17.3. The summed E-state index contributed by atoms with van der Waals surface area (Å²) in [6.07, 6.45) is 0. The van der Waals surface area contributed by atoms with Crippen LogP contribution in [-0.4, -0.2) is 39.3 Å². The van der Waals surface area contributed by atoms with E-state index >= 15 is 0 Å². The quantitative estimate of drug-likeness (QED) is 0.909. The third-order valence-electron chi connectivity index (χ3n) is 4.46. The number of nitrogens with one attached hydrogen (secondary N) is 1. The van der Waals surface area contributed by atoms with Gasteiger partial charge in [-0.2, -0.15) is 0 Å². The molecule has 0 saturated carbocycles. The van der Waals surface area contributed by atoms with Crippen LogP contribution in [0.3, 0.4) is 0 Å². The second kappa shape index (κ2) is 8.03. The third kappa shape index (κ3) is 4.12. The van der Waals surface area contributed by atoms with E-state index in [0.717, 1.165) is 43.3 Å². The third-order valence-corrected chi connectivity index (χ3v) is 4.46. The molecule has 25 heavy (non-hydrogen) atoms. The van der Waals surface area contributed by atoms with Gasteiger partial charge < -0.3 is 19.7 Å². The van der Waals surface area contributed by atoms with Crippen LogP contribution < -0.4 is 15.0 Å². The number of hydrogen-bond donors (Lipinski definition) is 1. The normalized spacial score (nSPS) is 15.5. The molecule has 132 valence electrons. The van der Waals surface area contributed by atoms with E-state index < -0.39 is 0 Å². The Labute approximate surface area is 148 Å². The van der Waals surface area contributed by atoms with E-state index in [-0.39, 0.29) is 11.9 Å². The van der Waals surface area contributed by atoms with Crippen molar-refractivity contribution in [3.63, 3.8) is 0 Å². The molecule has 2 aromatic carbocycles. The summed E-state index contributed by atoms with van der Waals surface area (Å²) in [4.78, 5) is 14.8. The number of nitrogens with zero attached hydrogens (tertiary/aromatic N) is 1. The number of carbonyl (C=O) groups is 1. The second-order valence-corrected chi connectivity index (χ2v) is 6.08. The Kier molecular flexibility index (Phi) is 5.56. The molecular weight excluding hydrogens is 316 g/mol. The van der Waals surface area contributed by atoms with E-state index in [0.29, 0.717) is 5.56 Å². The van der Waals surface area contributed by atoms with Gasteiger partial charge in [-0.25, -0.2) is 0 Å². The van der Waals surface area contributed by atoms with Crippen molar-refractivity contribution in [3.05, 3.63) is 59.7 Å². The Hall–Kier alpha value is -2.53. The molecule has 1 aliphatic rings. The molecule has 1 fully saturated rings. The molecule has 0 radical (unpaired) electrons. The van der Waals surface area contributed by atoms with Gasteiger partial charge in [0, 0.05) is 29.9 Å². The first-order valence-electron chi connectivity index (χ1n) is 8.55. The number of para-hydroxylation sites is 1. The molecule has 1 aliphatic heterocycles. The van der Waals surface area contributed by atoms with Crippen molar-refractivity contribution in [2.75, 3.05) is 38.3 Å². The Balaban J connectivity index is 1.66. The maximum atomic E-state index is 12.5. The molecule has 0 aromatic heterocycles. The van der Waals surface area contributed by atoms with Crippen LogP contribution in [0.25, 0.3) is 0 Å². The van der Waals surface area contributed by atoms with Gasteiger partial charge in [0.25, 0.3) is 5.91 Å². The van der Waals surface area contributed by atoms with Crippen molar-refractivity contribution in [2.24, 2.45) is 0 Å². The number of methoxy groups -OCH3 is 1. The van der Waals surface area contributed by atoms with Gasteiger partial charge in [0.05, 0.1) is 26.4 Å². The zero-order chi connectivity index (χ0) is 17.6. The van der Waals surface area contributed by atoms with Gasteiger partial charge in [-0.15, -0.1) is 0 Å². The minimum atomic E-state index is -0.137. The molecule has 1 atom stereocenters. The number of hydrogen-bond acceptors (Lipinski definition) is 4. The lowest BCUT2D eigenvalue weighted by atomic mass is 10.1. The predicted octanol–water partition coefficient (Wildman–Crippen LogP) is 3.02. The molecule has 0 spiro atoms. The van der Waals surface area contributed by atoms with Crippen molar-refractivity contribution in [1.29, 1.82) is 0 Å². The number of amides is 1. The molecule has 0 aliphatic carbocycles. The molecule has 3 rings (SSSR count). The topological polar surface area (TPSA) is 50.8 Å². The van der Waals surface area contributed by atoms with Crippen molar-refractivity contribution in [1.82, 2.24) is 5.32 Å². The summed E-state index contributed by atoms with van der Waals surface area (Å²) in [5, 5.41) is 3.03. The maximum Gasteiger partial charge on any atom is 0.251 e. The van der Waals surface area contributed by atoms with Gasteiger partial charge in [-0.3, -0.25) is 4.79 Å². The fourth-order valence-corrected chi connectivity index (χ4v) is 3.03. The minimum Gasteiger partial charge on any atom is -0.496 e. The number of rotatable bonds is 5. The van der Waals surface area contributed by atoms with Crippen LogP contribution >= 0.6 is 0 Å². The van der Waals surface area contributed by atoms with Crippen LogP contribution in [0.15, 0.2) is 48.5 Å². The highest BCUT2D eigenvalue weighted by Crippen LogP contribution is 2.25. The summed E-state index contributed by atoms with van der Waals surface area (Å²) in [6, 6.07) is 15.3. The smallest absolute Gasteiger partial charge is 0.251 e. The van der Waals surface area contributed by atoms with Gasteiger partial charge >= 0.3 is 0 Å². The minimum absolute atomic E-state index is 0.0908. The van der Waals surface area contributed by atoms with Gasteiger partial charge in [0.15, 0.2) is 0 Å². The first-order valence-corrected chi connectivity index (χ1v) is 8.55. The predicted molar refractivity (Wildman–Crippen MR) is 98.3 cm³/mol. The largest absolute Gasteiger partial charge is 0.496 e. The SMILES string of the molecule is COc1ccccc1[C@H](C)NC(=O)c1ccc(N2CCOCC2)cc1. The average Bonchev–Trinajstić information content (AvgIpc) is 2.68. The molecule has 2 aromatic rings. The highest BCUT2D eigenvalue weighted by atomic mass is 16.5. The lowest BCUT2D eigenvalue weighted by molar-refractivity contribution is 0.0939. The van der Waals surface area contributed by atoms with Crippen LogP contribution in [0.5, 0.6) is 5.75 Å². The van der Waals surface area contributed by atoms with Crippen molar-refractivity contribution >= 4 is 11.6 Å². The Morgan fingerprint density at radius 3 is 2.48 bits per heavy atom. The van der Waals surface area contributed by atoms with Gasteiger partial charge in [-0.05, 0) is 37.3 Å². The Bertz CT molecular complexity index is 709. The van der Waals surface area contributed by atoms with E-state index in [1.54, 1.807) is 7.11 Å². The lowest BCUT2D eigenvalue weighted by Crippen LogP contribution is -2.36. The average molecular weight is 340 g/mol. The van der Waals surface area contributed by atoms with E-state index in [4.69, 9.17) is 9.47 Å². The first-order chi connectivity index (χ1) is 12.2. The molecule has 1 heterocycles. The fraction of sp³-hybridized carbons (Fsp3) is 0.350. The Morgan fingerprint density at radius 1 is 1.12 bits per heavy atom. The molecule has 0 bridgehead atoms. The van der Waals surface area contributed by atoms with Crippen LogP contribution in [0.2, 0.25) is 0 Å². The summed E-state index contributed by atoms with van der Waals surface area (Å²) in [7, 11) is 1.64. The second-order valence-electron chi connectivity index (χ2n) is 6.08. The van der Waals surface area contributed by atoms with Gasteiger partial charge in [-0.1, -0.05) is 18.2 Å². The summed E-state index contributed by atoms with van der Waals surface area (Å²) in [6.45, 7) is 5.22. The Morgan fingerprint density at radius 2 is 1.80 bits per heavy atom. The van der Waals surface area contributed by atoms with E-state index in [9.17, 15) is 4.79 Å². The monoisotopic (exact) mass is 340 g/mol. The number of carbonyl (C=O) groups excluding carboxylic acids is 1. The van der Waals surface area contributed by atoms with Crippen molar-refractivity contribution in [2.45, 2.75) is 13.0 Å². The molecular formula is C20H24N2O3. The summed E-state index contributed by atoms with van der Waals surface area (Å²) < 4.78 is 10.7. The van der Waals surface area contributed by atoms with E-state index in [2.05, 4.69) is 10.2 Å². The molecule has 0 unspecified atom stereocenters. The van der Waals surface area contributed by atoms with Gasteiger partial charge in [0.1, 0.15) is 5.75 Å². The standard InChI is InChI=1S/C20H24N2O3/c1-15(18-5-3-4-6-19(18)24-2)21-20(23)16-7-9-17(10-8-16)22-11-13-25-14-12-22/h3-10,15H,11-14H2,1-2H3,(H,21,23)/t15-/m0/s1. The molecule has 1 N–H and O–H groups in total. The number of anilines is 1. The maximum absolute atomic E-state index is 12.5. The molecule has 5 heteroatoms. The van der Waals surface area contributed by atoms with E-state index in [1.165, 1.54) is 0 Å². The lowest BCUT2D eigenvalue weighted by Gasteiger charge is -2.28. The van der Waals surface area contributed by atoms with E-state index in [1.807, 2.05) is 55.5 Å². The molecule has 1 amide bonds. The van der Waals surface area contributed by atoms with Crippen molar-refractivity contribution < 1.29 is 14.3 Å². The summed E-state index contributed by atoms with van der Waals surface area (Å²) in [5.41, 5.74) is 2.74. The number of benzene rings is 2. The van der Waals surface area contributed by atoms with Crippen LogP contribution in [0, 0.1) is 0 Å². The number of ether oxygens (including phenoxy) is 2. The zero-order valence-corrected chi connectivity index (χ0v) is 14.7. The summed E-state index contributed by atoms with van der Waals surface area (Å²) >= 11 is 0. The van der Waals surface area contributed by atoms with Crippen molar-refractivity contribution in [3.8, 4) is 5.75 Å². The summed E-state index contributed by atoms with van der Waals surface area (Å²) in [5.74, 6) is 0.685.